The van der Waals surface area contributed by atoms with Gasteiger partial charge in [-0.25, -0.2) is 0 Å². The Morgan fingerprint density at radius 1 is 1.32 bits per heavy atom. The Morgan fingerprint density at radius 3 is 2.95 bits per heavy atom. The molecule has 1 atom stereocenters. The van der Waals surface area contributed by atoms with Crippen LogP contribution in [0.25, 0.3) is 11.5 Å². The molecule has 6 heteroatoms. The van der Waals surface area contributed by atoms with Crippen molar-refractivity contribution in [2.75, 3.05) is 0 Å². The highest BCUT2D eigenvalue weighted by Crippen LogP contribution is 2.29. The molecule has 1 fully saturated rings. The third-order valence-electron chi connectivity index (χ3n) is 3.25. The van der Waals surface area contributed by atoms with Gasteiger partial charge in [-0.05, 0) is 40.9 Å². The number of carbonyl (C=O) groups is 1. The fourth-order valence-corrected chi connectivity index (χ4v) is 2.47. The van der Waals surface area contributed by atoms with Crippen LogP contribution >= 0.6 is 15.9 Å². The summed E-state index contributed by atoms with van der Waals surface area (Å²) in [7, 11) is 0. The van der Waals surface area contributed by atoms with E-state index in [0.29, 0.717) is 23.8 Å². The molecule has 5 nitrogen and oxygen atoms in total. The first kappa shape index (κ1) is 12.5. The summed E-state index contributed by atoms with van der Waals surface area (Å²) in [6.45, 7) is 0. The van der Waals surface area contributed by atoms with Crippen LogP contribution in [-0.2, 0) is 4.79 Å². The lowest BCUT2D eigenvalue weighted by Gasteiger charge is -2.16. The summed E-state index contributed by atoms with van der Waals surface area (Å²) in [6, 6.07) is 3.67. The number of rotatable bonds is 2. The number of hydrogen-bond donors (Lipinski definition) is 0. The summed E-state index contributed by atoms with van der Waals surface area (Å²) in [5.41, 5.74) is 0.640. The van der Waals surface area contributed by atoms with Gasteiger partial charge in [-0.2, -0.15) is 4.98 Å². The van der Waals surface area contributed by atoms with E-state index < -0.39 is 0 Å². The maximum Gasteiger partial charge on any atom is 0.237 e. The average molecular weight is 322 g/mol. The van der Waals surface area contributed by atoms with Crippen LogP contribution in [0, 0.1) is 0 Å². The highest BCUT2D eigenvalue weighted by molar-refractivity contribution is 9.10. The third kappa shape index (κ3) is 2.58. The maximum absolute atomic E-state index is 11.8. The van der Waals surface area contributed by atoms with Gasteiger partial charge < -0.3 is 4.52 Å². The molecular weight excluding hydrogens is 310 g/mol. The van der Waals surface area contributed by atoms with Crippen LogP contribution in [0.4, 0.5) is 0 Å². The van der Waals surface area contributed by atoms with E-state index in [2.05, 4.69) is 31.1 Å². The molecule has 1 unspecified atom stereocenters. The number of pyridine rings is 1. The van der Waals surface area contributed by atoms with Crippen molar-refractivity contribution in [1.29, 1.82) is 0 Å². The van der Waals surface area contributed by atoms with Gasteiger partial charge in [0.25, 0.3) is 0 Å². The third-order valence-corrected chi connectivity index (χ3v) is 3.72. The highest BCUT2D eigenvalue weighted by Gasteiger charge is 2.29. The molecule has 0 bridgehead atoms. The summed E-state index contributed by atoms with van der Waals surface area (Å²) in [5, 5.41) is 3.91. The quantitative estimate of drug-likeness (QED) is 0.850. The Hall–Kier alpha value is -1.56. The Balaban J connectivity index is 1.86. The first-order chi connectivity index (χ1) is 9.24. The van der Waals surface area contributed by atoms with Crippen molar-refractivity contribution in [2.45, 2.75) is 31.6 Å². The van der Waals surface area contributed by atoms with Gasteiger partial charge in [0.15, 0.2) is 0 Å². The van der Waals surface area contributed by atoms with Gasteiger partial charge in [-0.15, -0.1) is 0 Å². The Kier molecular flexibility index (Phi) is 3.42. The summed E-state index contributed by atoms with van der Waals surface area (Å²) < 4.78 is 6.12. The number of Topliss-reactive ketones (excluding diaryl/α,β-unsaturated/α-hetero) is 1. The zero-order valence-corrected chi connectivity index (χ0v) is 11.8. The van der Waals surface area contributed by atoms with E-state index >= 15 is 0 Å². The van der Waals surface area contributed by atoms with Gasteiger partial charge >= 0.3 is 0 Å². The smallest absolute Gasteiger partial charge is 0.237 e. The lowest BCUT2D eigenvalue weighted by Crippen LogP contribution is -2.17. The van der Waals surface area contributed by atoms with Crippen LogP contribution in [0.15, 0.2) is 27.3 Å². The molecular formula is C13H12BrN3O2. The molecule has 3 rings (SSSR count). The molecule has 0 spiro atoms. The molecule has 2 aromatic heterocycles. The van der Waals surface area contributed by atoms with E-state index in [1.807, 2.05) is 6.07 Å². The van der Waals surface area contributed by atoms with E-state index in [-0.39, 0.29) is 11.7 Å². The minimum Gasteiger partial charge on any atom is -0.338 e. The normalized spacial score (nSPS) is 19.6. The average Bonchev–Trinajstić information content (AvgIpc) is 2.89. The molecule has 1 aliphatic rings. The van der Waals surface area contributed by atoms with E-state index in [4.69, 9.17) is 4.52 Å². The molecule has 0 aromatic carbocycles. The van der Waals surface area contributed by atoms with Crippen LogP contribution in [-0.4, -0.2) is 20.9 Å². The van der Waals surface area contributed by atoms with Crippen molar-refractivity contribution in [3.05, 3.63) is 28.7 Å². The second kappa shape index (κ2) is 5.21. The van der Waals surface area contributed by atoms with E-state index in [9.17, 15) is 4.79 Å². The van der Waals surface area contributed by atoms with Gasteiger partial charge in [0.05, 0.1) is 5.92 Å². The Labute approximate surface area is 118 Å². The molecule has 19 heavy (non-hydrogen) atoms. The number of carbonyl (C=O) groups excluding carboxylic acids is 1. The minimum atomic E-state index is -0.231. The topological polar surface area (TPSA) is 68.9 Å². The Morgan fingerprint density at radius 2 is 2.21 bits per heavy atom. The zero-order valence-electron chi connectivity index (χ0n) is 10.2. The fraction of sp³-hybridized carbons (Fsp3) is 0.385. The fourth-order valence-electron chi connectivity index (χ4n) is 2.23. The largest absolute Gasteiger partial charge is 0.338 e. The monoisotopic (exact) mass is 321 g/mol. The predicted molar refractivity (Wildman–Crippen MR) is 71.4 cm³/mol. The van der Waals surface area contributed by atoms with Crippen molar-refractivity contribution in [3.63, 3.8) is 0 Å². The van der Waals surface area contributed by atoms with Crippen molar-refractivity contribution in [1.82, 2.24) is 15.1 Å². The predicted octanol–water partition coefficient (Wildman–Crippen LogP) is 3.12. The first-order valence-electron chi connectivity index (χ1n) is 6.22. The molecule has 0 N–H and O–H groups in total. The number of nitrogens with zero attached hydrogens (tertiary/aromatic N) is 3. The molecule has 0 saturated heterocycles. The SMILES string of the molecule is O=C1CCCCC1c1nc(-c2ccc(Br)cn2)no1. The number of ketones is 1. The molecule has 1 saturated carbocycles. The van der Waals surface area contributed by atoms with Gasteiger partial charge in [-0.1, -0.05) is 11.6 Å². The molecule has 2 heterocycles. The summed E-state index contributed by atoms with van der Waals surface area (Å²) >= 11 is 3.32. The van der Waals surface area contributed by atoms with Crippen LogP contribution in [0.5, 0.6) is 0 Å². The summed E-state index contributed by atoms with van der Waals surface area (Å²) in [5.74, 6) is 0.820. The van der Waals surface area contributed by atoms with Crippen LogP contribution in [0.1, 0.15) is 37.5 Å². The van der Waals surface area contributed by atoms with Gasteiger partial charge in [0.2, 0.25) is 11.7 Å². The molecule has 2 aromatic rings. The van der Waals surface area contributed by atoms with Crippen molar-refractivity contribution in [2.24, 2.45) is 0 Å². The number of halogens is 1. The Bertz CT molecular complexity index is 594. The van der Waals surface area contributed by atoms with Gasteiger partial charge in [0.1, 0.15) is 11.5 Å². The van der Waals surface area contributed by atoms with Crippen LogP contribution in [0.2, 0.25) is 0 Å². The van der Waals surface area contributed by atoms with Gasteiger partial charge in [-0.3, -0.25) is 9.78 Å². The standard InChI is InChI=1S/C13H12BrN3O2/c14-8-5-6-10(15-7-8)12-16-13(19-17-12)9-3-1-2-4-11(9)18/h5-7,9H,1-4H2. The summed E-state index contributed by atoms with van der Waals surface area (Å²) in [4.78, 5) is 20.4. The van der Waals surface area contributed by atoms with E-state index in [1.54, 1.807) is 12.3 Å². The molecule has 0 aliphatic heterocycles. The van der Waals surface area contributed by atoms with Crippen molar-refractivity contribution in [3.8, 4) is 11.5 Å². The second-order valence-electron chi connectivity index (χ2n) is 4.58. The lowest BCUT2D eigenvalue weighted by molar-refractivity contribution is -0.122. The van der Waals surface area contributed by atoms with Crippen LogP contribution in [0.3, 0.4) is 0 Å². The zero-order chi connectivity index (χ0) is 13.2. The van der Waals surface area contributed by atoms with E-state index in [1.165, 1.54) is 0 Å². The van der Waals surface area contributed by atoms with Gasteiger partial charge in [0, 0.05) is 17.1 Å². The lowest BCUT2D eigenvalue weighted by atomic mass is 9.88. The minimum absolute atomic E-state index is 0.199. The number of hydrogen-bond acceptors (Lipinski definition) is 5. The van der Waals surface area contributed by atoms with E-state index in [0.717, 1.165) is 23.7 Å². The second-order valence-corrected chi connectivity index (χ2v) is 5.50. The highest BCUT2D eigenvalue weighted by atomic mass is 79.9. The first-order valence-corrected chi connectivity index (χ1v) is 7.01. The molecule has 0 radical (unpaired) electrons. The molecule has 0 amide bonds. The molecule has 98 valence electrons. The number of aromatic nitrogens is 3. The maximum atomic E-state index is 11.8. The van der Waals surface area contributed by atoms with Crippen molar-refractivity contribution < 1.29 is 9.32 Å². The molecule has 1 aliphatic carbocycles. The van der Waals surface area contributed by atoms with Crippen LogP contribution < -0.4 is 0 Å². The van der Waals surface area contributed by atoms with Crippen molar-refractivity contribution >= 4 is 21.7 Å². The summed E-state index contributed by atoms with van der Waals surface area (Å²) in [6.07, 6.45) is 5.08.